The van der Waals surface area contributed by atoms with E-state index in [1.165, 1.54) is 17.9 Å². The van der Waals surface area contributed by atoms with Gasteiger partial charge >= 0.3 is 0 Å². The molecule has 0 aromatic rings. The number of aliphatic hydroxyl groups is 1. The maximum atomic E-state index is 11.2. The quantitative estimate of drug-likeness (QED) is 0.615. The Morgan fingerprint density at radius 2 is 1.76 bits per heavy atom. The van der Waals surface area contributed by atoms with E-state index in [4.69, 9.17) is 0 Å². The molecular weight excluding hydrogens is 264 g/mol. The van der Waals surface area contributed by atoms with Crippen molar-refractivity contribution in [2.45, 2.75) is 54.6 Å². The second-order valence-corrected chi connectivity index (χ2v) is 15.0. The van der Waals surface area contributed by atoms with Crippen LogP contribution in [0.4, 0.5) is 0 Å². The summed E-state index contributed by atoms with van der Waals surface area (Å²) in [5.74, 6) is 2.43. The van der Waals surface area contributed by atoms with E-state index in [0.717, 1.165) is 19.3 Å². The van der Waals surface area contributed by atoms with Gasteiger partial charge in [0.15, 0.2) is 0 Å². The Labute approximate surface area is 115 Å². The molecule has 0 saturated carbocycles. The summed E-state index contributed by atoms with van der Waals surface area (Å²) in [6.45, 7) is 7.25. The summed E-state index contributed by atoms with van der Waals surface area (Å²) >= 11 is 4.09. The van der Waals surface area contributed by atoms with Crippen molar-refractivity contribution in [2.75, 3.05) is 11.5 Å². The summed E-state index contributed by atoms with van der Waals surface area (Å²) in [5, 5.41) is 11.2. The molecular formula is C13H24OS2Si. The number of thioether (sulfide) groups is 2. The van der Waals surface area contributed by atoms with Crippen LogP contribution in [0.3, 0.4) is 0 Å². The molecule has 1 saturated heterocycles. The van der Waals surface area contributed by atoms with Gasteiger partial charge < -0.3 is 5.11 Å². The maximum Gasteiger partial charge on any atom is 0.104 e. The lowest BCUT2D eigenvalue weighted by atomic mass is 9.92. The van der Waals surface area contributed by atoms with Gasteiger partial charge in [-0.3, -0.25) is 0 Å². The van der Waals surface area contributed by atoms with E-state index in [2.05, 4.69) is 31.8 Å². The van der Waals surface area contributed by atoms with Gasteiger partial charge in [-0.05, 0) is 37.2 Å². The van der Waals surface area contributed by atoms with Crippen molar-refractivity contribution in [2.24, 2.45) is 0 Å². The fourth-order valence-electron chi connectivity index (χ4n) is 2.99. The first-order valence-electron chi connectivity index (χ1n) is 6.59. The predicted octanol–water partition coefficient (Wildman–Crippen LogP) is 3.90. The Morgan fingerprint density at radius 1 is 1.12 bits per heavy atom. The van der Waals surface area contributed by atoms with Crippen molar-refractivity contribution < 1.29 is 5.11 Å². The molecule has 0 radical (unpaired) electrons. The summed E-state index contributed by atoms with van der Waals surface area (Å²) in [6, 6.07) is 0. The van der Waals surface area contributed by atoms with Crippen LogP contribution in [0.2, 0.25) is 19.6 Å². The Kier molecular flexibility index (Phi) is 4.09. The highest BCUT2D eigenvalue weighted by atomic mass is 32.2. The van der Waals surface area contributed by atoms with E-state index >= 15 is 0 Å². The van der Waals surface area contributed by atoms with Crippen LogP contribution in [0.5, 0.6) is 0 Å². The van der Waals surface area contributed by atoms with Gasteiger partial charge in [0.05, 0.1) is 11.8 Å². The third kappa shape index (κ3) is 2.38. The van der Waals surface area contributed by atoms with Crippen LogP contribution < -0.4 is 0 Å². The molecule has 98 valence electrons. The van der Waals surface area contributed by atoms with Crippen LogP contribution in [0.15, 0.2) is 12.2 Å². The molecule has 0 amide bonds. The molecule has 0 spiro atoms. The molecule has 0 aromatic heterocycles. The minimum atomic E-state index is -1.44. The van der Waals surface area contributed by atoms with E-state index in [9.17, 15) is 5.11 Å². The minimum absolute atomic E-state index is 0.0647. The van der Waals surface area contributed by atoms with Crippen LogP contribution >= 0.6 is 23.5 Å². The van der Waals surface area contributed by atoms with Gasteiger partial charge in [0.25, 0.3) is 0 Å². The molecule has 1 fully saturated rings. The molecule has 0 aromatic carbocycles. The Morgan fingerprint density at radius 3 is 2.24 bits per heavy atom. The Balaban J connectivity index is 2.39. The zero-order chi connectivity index (χ0) is 12.6. The Hall–Kier alpha value is 0.617. The molecule has 1 nitrogen and oxygen atoms in total. The average molecular weight is 289 g/mol. The monoisotopic (exact) mass is 288 g/mol. The summed E-state index contributed by atoms with van der Waals surface area (Å²) < 4.78 is 0.0647. The standard InChI is InChI=1S/C13H24OS2Si/c1-17(2,3)13(15-10-7-11-16-13)12(14)8-5-4-6-9-12/h5,8,14H,4,6-7,9-11H2,1-3H3. The van der Waals surface area contributed by atoms with Gasteiger partial charge in [-0.15, -0.1) is 23.5 Å². The van der Waals surface area contributed by atoms with Crippen molar-refractivity contribution in [3.05, 3.63) is 12.2 Å². The van der Waals surface area contributed by atoms with Gasteiger partial charge in [0.1, 0.15) is 5.60 Å². The lowest BCUT2D eigenvalue weighted by Crippen LogP contribution is -2.63. The molecule has 1 atom stereocenters. The highest BCUT2D eigenvalue weighted by molar-refractivity contribution is 8.21. The predicted molar refractivity (Wildman–Crippen MR) is 83.6 cm³/mol. The number of hydrogen-bond donors (Lipinski definition) is 1. The fourth-order valence-corrected chi connectivity index (χ4v) is 11.6. The molecule has 0 bridgehead atoms. The van der Waals surface area contributed by atoms with E-state index in [-0.39, 0.29) is 3.70 Å². The van der Waals surface area contributed by atoms with Gasteiger partial charge in [0, 0.05) is 0 Å². The smallest absolute Gasteiger partial charge is 0.104 e. The van der Waals surface area contributed by atoms with Crippen LogP contribution in [0.1, 0.15) is 25.7 Å². The molecule has 1 aliphatic carbocycles. The van der Waals surface area contributed by atoms with Crippen molar-refractivity contribution in [1.29, 1.82) is 0 Å². The third-order valence-corrected chi connectivity index (χ3v) is 13.9. The molecule has 1 N–H and O–H groups in total. The fraction of sp³-hybridized carbons (Fsp3) is 0.846. The number of rotatable bonds is 2. The van der Waals surface area contributed by atoms with Gasteiger partial charge in [0.2, 0.25) is 0 Å². The summed E-state index contributed by atoms with van der Waals surface area (Å²) in [4.78, 5) is 0. The Bertz CT molecular complexity index is 305. The van der Waals surface area contributed by atoms with Crippen LogP contribution in [0, 0.1) is 0 Å². The molecule has 4 heteroatoms. The highest BCUT2D eigenvalue weighted by Gasteiger charge is 2.58. The van der Waals surface area contributed by atoms with Gasteiger partial charge in [-0.1, -0.05) is 31.8 Å². The first-order valence-corrected chi connectivity index (χ1v) is 12.1. The molecule has 17 heavy (non-hydrogen) atoms. The van der Waals surface area contributed by atoms with E-state index in [1.807, 2.05) is 23.5 Å². The van der Waals surface area contributed by atoms with Crippen LogP contribution in [0.25, 0.3) is 0 Å². The summed E-state index contributed by atoms with van der Waals surface area (Å²) in [7, 11) is -1.44. The average Bonchev–Trinajstić information content (AvgIpc) is 2.29. The summed E-state index contributed by atoms with van der Waals surface area (Å²) in [5.41, 5.74) is -0.564. The lowest BCUT2D eigenvalue weighted by Gasteiger charge is -2.54. The second kappa shape index (κ2) is 4.95. The number of allylic oxidation sites excluding steroid dienone is 1. The van der Waals surface area contributed by atoms with Crippen LogP contribution in [-0.2, 0) is 0 Å². The maximum absolute atomic E-state index is 11.2. The normalized spacial score (nSPS) is 33.6. The minimum Gasteiger partial charge on any atom is -0.384 e. The largest absolute Gasteiger partial charge is 0.384 e. The molecule has 2 rings (SSSR count). The van der Waals surface area contributed by atoms with Crippen molar-refractivity contribution >= 4 is 31.6 Å². The van der Waals surface area contributed by atoms with Crippen molar-refractivity contribution in [3.8, 4) is 0 Å². The van der Waals surface area contributed by atoms with Crippen molar-refractivity contribution in [1.82, 2.24) is 0 Å². The lowest BCUT2D eigenvalue weighted by molar-refractivity contribution is 0.0795. The first kappa shape index (κ1) is 14.0. The van der Waals surface area contributed by atoms with Gasteiger partial charge in [-0.2, -0.15) is 0 Å². The SMILES string of the molecule is C[Si](C)(C)C1(C2(O)C=CCCC2)SCCCS1. The van der Waals surface area contributed by atoms with Crippen molar-refractivity contribution in [3.63, 3.8) is 0 Å². The van der Waals surface area contributed by atoms with Gasteiger partial charge in [-0.25, -0.2) is 0 Å². The third-order valence-electron chi connectivity index (χ3n) is 3.78. The molecule has 2 aliphatic rings. The second-order valence-electron chi connectivity index (χ2n) is 6.14. The topological polar surface area (TPSA) is 20.2 Å². The zero-order valence-corrected chi connectivity index (χ0v) is 13.8. The van der Waals surface area contributed by atoms with E-state index in [1.54, 1.807) is 0 Å². The molecule has 1 aliphatic heterocycles. The molecule has 1 heterocycles. The van der Waals surface area contributed by atoms with Crippen LogP contribution in [-0.4, -0.2) is 34.0 Å². The zero-order valence-electron chi connectivity index (χ0n) is 11.2. The van der Waals surface area contributed by atoms with E-state index in [0.29, 0.717) is 0 Å². The molecule has 1 unspecified atom stereocenters. The first-order chi connectivity index (χ1) is 7.91. The highest BCUT2D eigenvalue weighted by Crippen LogP contribution is 2.57. The summed E-state index contributed by atoms with van der Waals surface area (Å²) in [6.07, 6.45) is 8.84. The number of hydrogen-bond acceptors (Lipinski definition) is 3. The van der Waals surface area contributed by atoms with E-state index < -0.39 is 13.7 Å².